The summed E-state index contributed by atoms with van der Waals surface area (Å²) in [6, 6.07) is -0.338. The summed E-state index contributed by atoms with van der Waals surface area (Å²) in [5, 5.41) is 12.3. The fraction of sp³-hybridized carbons (Fsp3) is 0.857. The molecule has 0 spiro atoms. The van der Waals surface area contributed by atoms with E-state index in [9.17, 15) is 9.90 Å². The molecule has 11 heavy (non-hydrogen) atoms. The molecule has 1 aliphatic rings. The van der Waals surface area contributed by atoms with Crippen LogP contribution in [0.5, 0.6) is 0 Å². The van der Waals surface area contributed by atoms with Crippen LogP contribution in [0.25, 0.3) is 0 Å². The highest BCUT2D eigenvalue weighted by atomic mass is 16.5. The van der Waals surface area contributed by atoms with Crippen LogP contribution >= 0.6 is 0 Å². The zero-order chi connectivity index (χ0) is 8.48. The number of hydrogen-bond donors (Lipinski definition) is 2. The minimum atomic E-state index is -0.765. The van der Waals surface area contributed by atoms with Crippen LogP contribution in [0, 0.1) is 0 Å². The Hall–Kier alpha value is -0.610. The monoisotopic (exact) mass is 159 g/mol. The lowest BCUT2D eigenvalue weighted by Gasteiger charge is -2.13. The van der Waals surface area contributed by atoms with E-state index in [0.29, 0.717) is 13.0 Å². The van der Waals surface area contributed by atoms with E-state index in [-0.39, 0.29) is 12.0 Å². The lowest BCUT2D eigenvalue weighted by atomic mass is 10.0. The van der Waals surface area contributed by atoms with E-state index < -0.39 is 5.60 Å². The number of ether oxygens (including phenoxy) is 1. The first kappa shape index (κ1) is 8.49. The van der Waals surface area contributed by atoms with E-state index in [1.165, 1.54) is 7.11 Å². The predicted octanol–water partition coefficient (Wildman–Crippen LogP) is -0.728. The third-order valence-electron chi connectivity index (χ3n) is 1.86. The molecule has 0 bridgehead atoms. The normalized spacial score (nSPS) is 37.2. The lowest BCUT2D eigenvalue weighted by Crippen LogP contribution is -2.31. The Bertz CT molecular complexity index is 167. The Morgan fingerprint density at radius 3 is 2.82 bits per heavy atom. The van der Waals surface area contributed by atoms with E-state index in [1.807, 2.05) is 0 Å². The number of methoxy groups -OCH3 is 1. The Labute approximate surface area is 65.5 Å². The number of carbonyl (C=O) groups excluding carboxylic acids is 1. The molecular weight excluding hydrogens is 146 g/mol. The maximum absolute atomic E-state index is 10.9. The predicted molar refractivity (Wildman–Crippen MR) is 39.0 cm³/mol. The van der Waals surface area contributed by atoms with Crippen LogP contribution in [0.4, 0.5) is 0 Å². The highest BCUT2D eigenvalue weighted by molar-refractivity contribution is 5.76. The second-order valence-electron chi connectivity index (χ2n) is 3.16. The SMILES string of the molecule is COC(=O)C1CC(C)(O)CN1. The Morgan fingerprint density at radius 1 is 1.82 bits per heavy atom. The largest absolute Gasteiger partial charge is 0.468 e. The van der Waals surface area contributed by atoms with Gasteiger partial charge in [0.05, 0.1) is 12.7 Å². The van der Waals surface area contributed by atoms with Gasteiger partial charge < -0.3 is 15.2 Å². The third kappa shape index (κ3) is 1.91. The summed E-state index contributed by atoms with van der Waals surface area (Å²) in [6.45, 7) is 2.15. The number of rotatable bonds is 1. The summed E-state index contributed by atoms with van der Waals surface area (Å²) in [6.07, 6.45) is 0.430. The molecular formula is C7H13NO3. The molecule has 0 aromatic rings. The molecule has 4 heteroatoms. The summed E-state index contributed by atoms with van der Waals surface area (Å²) in [7, 11) is 1.34. The summed E-state index contributed by atoms with van der Waals surface area (Å²) in [5.74, 6) is -0.303. The van der Waals surface area contributed by atoms with Gasteiger partial charge in [0, 0.05) is 13.0 Å². The Balaban J connectivity index is 2.48. The van der Waals surface area contributed by atoms with E-state index >= 15 is 0 Å². The molecule has 1 fully saturated rings. The van der Waals surface area contributed by atoms with Gasteiger partial charge in [-0.15, -0.1) is 0 Å². The van der Waals surface area contributed by atoms with Crippen molar-refractivity contribution >= 4 is 5.97 Å². The molecule has 2 atom stereocenters. The van der Waals surface area contributed by atoms with Gasteiger partial charge in [0.15, 0.2) is 0 Å². The number of aliphatic hydroxyl groups is 1. The number of esters is 1. The summed E-state index contributed by atoms with van der Waals surface area (Å²) >= 11 is 0. The van der Waals surface area contributed by atoms with E-state index in [1.54, 1.807) is 6.92 Å². The minimum absolute atomic E-state index is 0.303. The maximum Gasteiger partial charge on any atom is 0.322 e. The Kier molecular flexibility index (Phi) is 2.15. The van der Waals surface area contributed by atoms with Crippen molar-refractivity contribution in [2.24, 2.45) is 0 Å². The topological polar surface area (TPSA) is 58.6 Å². The van der Waals surface area contributed by atoms with Gasteiger partial charge >= 0.3 is 5.97 Å². The smallest absolute Gasteiger partial charge is 0.322 e. The van der Waals surface area contributed by atoms with Crippen LogP contribution in [-0.2, 0) is 9.53 Å². The molecule has 1 aliphatic heterocycles. The van der Waals surface area contributed by atoms with Crippen molar-refractivity contribution < 1.29 is 14.6 Å². The fourth-order valence-electron chi connectivity index (χ4n) is 1.24. The summed E-state index contributed by atoms with van der Waals surface area (Å²) < 4.78 is 4.51. The highest BCUT2D eigenvalue weighted by Gasteiger charge is 2.36. The summed E-state index contributed by atoms with van der Waals surface area (Å²) in [5.41, 5.74) is -0.765. The van der Waals surface area contributed by atoms with Crippen molar-refractivity contribution in [1.29, 1.82) is 0 Å². The van der Waals surface area contributed by atoms with Gasteiger partial charge in [-0.3, -0.25) is 4.79 Å². The van der Waals surface area contributed by atoms with Gasteiger partial charge in [0.1, 0.15) is 6.04 Å². The maximum atomic E-state index is 10.9. The molecule has 1 rings (SSSR count). The molecule has 64 valence electrons. The fourth-order valence-corrected chi connectivity index (χ4v) is 1.24. The molecule has 4 nitrogen and oxygen atoms in total. The first-order valence-corrected chi connectivity index (χ1v) is 3.59. The molecule has 0 radical (unpaired) electrons. The van der Waals surface area contributed by atoms with E-state index in [4.69, 9.17) is 0 Å². The van der Waals surface area contributed by atoms with Gasteiger partial charge in [0.25, 0.3) is 0 Å². The number of hydrogen-bond acceptors (Lipinski definition) is 4. The van der Waals surface area contributed by atoms with Crippen molar-refractivity contribution in [2.45, 2.75) is 25.0 Å². The van der Waals surface area contributed by atoms with Crippen LogP contribution < -0.4 is 5.32 Å². The molecule has 0 aromatic heterocycles. The van der Waals surface area contributed by atoms with Gasteiger partial charge in [-0.2, -0.15) is 0 Å². The minimum Gasteiger partial charge on any atom is -0.468 e. The van der Waals surface area contributed by atoms with Gasteiger partial charge in [-0.25, -0.2) is 0 Å². The molecule has 2 N–H and O–H groups in total. The van der Waals surface area contributed by atoms with Crippen LogP contribution in [0.15, 0.2) is 0 Å². The van der Waals surface area contributed by atoms with E-state index in [0.717, 1.165) is 0 Å². The van der Waals surface area contributed by atoms with Crippen molar-refractivity contribution in [2.75, 3.05) is 13.7 Å². The third-order valence-corrected chi connectivity index (χ3v) is 1.86. The molecule has 0 aromatic carbocycles. The zero-order valence-electron chi connectivity index (χ0n) is 6.76. The molecule has 0 saturated carbocycles. The second kappa shape index (κ2) is 2.79. The van der Waals surface area contributed by atoms with Crippen molar-refractivity contribution in [3.8, 4) is 0 Å². The molecule has 0 amide bonds. The quantitative estimate of drug-likeness (QED) is 0.495. The number of carbonyl (C=O) groups is 1. The first-order chi connectivity index (χ1) is 5.05. The molecule has 0 aliphatic carbocycles. The Morgan fingerprint density at radius 2 is 2.45 bits per heavy atom. The average Bonchev–Trinajstić information content (AvgIpc) is 2.29. The van der Waals surface area contributed by atoms with E-state index in [2.05, 4.69) is 10.1 Å². The molecule has 1 heterocycles. The summed E-state index contributed by atoms with van der Waals surface area (Å²) in [4.78, 5) is 10.9. The lowest BCUT2D eigenvalue weighted by molar-refractivity contribution is -0.143. The average molecular weight is 159 g/mol. The van der Waals surface area contributed by atoms with Gasteiger partial charge in [0.2, 0.25) is 0 Å². The van der Waals surface area contributed by atoms with Crippen molar-refractivity contribution in [3.05, 3.63) is 0 Å². The van der Waals surface area contributed by atoms with Gasteiger partial charge in [-0.05, 0) is 6.92 Å². The second-order valence-corrected chi connectivity index (χ2v) is 3.16. The van der Waals surface area contributed by atoms with Crippen LogP contribution in [-0.4, -0.2) is 36.4 Å². The molecule has 1 saturated heterocycles. The van der Waals surface area contributed by atoms with Crippen LogP contribution in [0.3, 0.4) is 0 Å². The number of β-amino-alcohol motifs (C(OH)–C–C–N with tert-alkyl or cyclic N) is 1. The van der Waals surface area contributed by atoms with Crippen LogP contribution in [0.2, 0.25) is 0 Å². The molecule has 2 unspecified atom stereocenters. The highest BCUT2D eigenvalue weighted by Crippen LogP contribution is 2.18. The van der Waals surface area contributed by atoms with Gasteiger partial charge in [-0.1, -0.05) is 0 Å². The van der Waals surface area contributed by atoms with Crippen molar-refractivity contribution in [3.63, 3.8) is 0 Å². The number of nitrogens with one attached hydrogen (secondary N) is 1. The first-order valence-electron chi connectivity index (χ1n) is 3.59. The van der Waals surface area contributed by atoms with Crippen molar-refractivity contribution in [1.82, 2.24) is 5.32 Å². The van der Waals surface area contributed by atoms with Crippen LogP contribution in [0.1, 0.15) is 13.3 Å². The zero-order valence-corrected chi connectivity index (χ0v) is 6.76. The standard InChI is InChI=1S/C7H13NO3/c1-7(10)3-5(8-4-7)6(9)11-2/h5,8,10H,3-4H2,1-2H3.